The first kappa shape index (κ1) is 11.6. The van der Waals surface area contributed by atoms with Gasteiger partial charge in [0.2, 0.25) is 0 Å². The molecule has 0 saturated heterocycles. The highest BCUT2D eigenvalue weighted by Crippen LogP contribution is 2.22. The first-order chi connectivity index (χ1) is 7.85. The van der Waals surface area contributed by atoms with Crippen molar-refractivity contribution >= 4 is 0 Å². The zero-order valence-corrected chi connectivity index (χ0v) is 10.3. The van der Waals surface area contributed by atoms with Crippen molar-refractivity contribution in [2.24, 2.45) is 5.92 Å². The molecule has 1 aromatic heterocycles. The summed E-state index contributed by atoms with van der Waals surface area (Å²) in [5.41, 5.74) is 0. The maximum atomic E-state index is 4.36. The van der Waals surface area contributed by atoms with Crippen molar-refractivity contribution in [1.29, 1.82) is 0 Å². The Balaban J connectivity index is 1.92. The van der Waals surface area contributed by atoms with E-state index in [2.05, 4.69) is 29.2 Å². The molecule has 0 saturated carbocycles. The van der Waals surface area contributed by atoms with Gasteiger partial charge in [0.05, 0.1) is 6.04 Å². The quantitative estimate of drug-likeness (QED) is 0.830. The fraction of sp³-hybridized carbons (Fsp3) is 0.833. The second-order valence-corrected chi connectivity index (χ2v) is 4.63. The van der Waals surface area contributed by atoms with E-state index in [-0.39, 0.29) is 0 Å². The van der Waals surface area contributed by atoms with Crippen molar-refractivity contribution in [3.63, 3.8) is 0 Å². The smallest absolute Gasteiger partial charge is 0.143 e. The Labute approximate surface area is 97.5 Å². The largest absolute Gasteiger partial charge is 0.307 e. The van der Waals surface area contributed by atoms with Gasteiger partial charge < -0.3 is 5.32 Å². The van der Waals surface area contributed by atoms with Crippen LogP contribution in [0.15, 0.2) is 6.33 Å². The van der Waals surface area contributed by atoms with Crippen molar-refractivity contribution < 1.29 is 0 Å². The van der Waals surface area contributed by atoms with Crippen LogP contribution in [-0.4, -0.2) is 21.3 Å². The molecule has 0 fully saturated rings. The Morgan fingerprint density at radius 1 is 1.50 bits per heavy atom. The van der Waals surface area contributed by atoms with Crippen LogP contribution in [0.1, 0.15) is 51.4 Å². The minimum atomic E-state index is 0.414. The summed E-state index contributed by atoms with van der Waals surface area (Å²) in [5, 5.41) is 7.88. The maximum Gasteiger partial charge on any atom is 0.143 e. The average Bonchev–Trinajstić information content (AvgIpc) is 2.79. The van der Waals surface area contributed by atoms with Crippen LogP contribution in [0.3, 0.4) is 0 Å². The molecule has 90 valence electrons. The highest BCUT2D eigenvalue weighted by Gasteiger charge is 2.22. The van der Waals surface area contributed by atoms with Crippen LogP contribution < -0.4 is 5.32 Å². The molecule has 0 aliphatic carbocycles. The van der Waals surface area contributed by atoms with E-state index in [0.29, 0.717) is 6.04 Å². The minimum absolute atomic E-state index is 0.414. The minimum Gasteiger partial charge on any atom is -0.307 e. The van der Waals surface area contributed by atoms with Crippen LogP contribution in [0.2, 0.25) is 0 Å². The number of aryl methyl sites for hydroxylation is 1. The Hall–Kier alpha value is -0.900. The highest BCUT2D eigenvalue weighted by molar-refractivity contribution is 4.97. The number of nitrogens with one attached hydrogen (secondary N) is 1. The fourth-order valence-corrected chi connectivity index (χ4v) is 2.37. The number of hydrogen-bond donors (Lipinski definition) is 1. The van der Waals surface area contributed by atoms with E-state index in [1.807, 2.05) is 4.68 Å². The lowest BCUT2D eigenvalue weighted by Crippen LogP contribution is -2.32. The summed E-state index contributed by atoms with van der Waals surface area (Å²) in [6, 6.07) is 0.414. The SMILES string of the molecule is CCC(CC)CNC1CCCn2ncnc21. The molecule has 1 atom stereocenters. The molecule has 1 aromatic rings. The van der Waals surface area contributed by atoms with Crippen LogP contribution in [-0.2, 0) is 6.54 Å². The van der Waals surface area contributed by atoms with Crippen LogP contribution in [0.5, 0.6) is 0 Å². The van der Waals surface area contributed by atoms with Crippen LogP contribution >= 0.6 is 0 Å². The van der Waals surface area contributed by atoms with Gasteiger partial charge >= 0.3 is 0 Å². The molecule has 0 bridgehead atoms. The van der Waals surface area contributed by atoms with Crippen molar-refractivity contribution in [2.75, 3.05) is 6.54 Å². The Kier molecular flexibility index (Phi) is 3.93. The summed E-state index contributed by atoms with van der Waals surface area (Å²) in [6.07, 6.45) is 6.58. The van der Waals surface area contributed by atoms with E-state index in [1.165, 1.54) is 25.7 Å². The van der Waals surface area contributed by atoms with Crippen LogP contribution in [0, 0.1) is 5.92 Å². The molecule has 0 spiro atoms. The Bertz CT molecular complexity index is 317. The topological polar surface area (TPSA) is 42.7 Å². The molecule has 1 aliphatic heterocycles. The molecule has 1 N–H and O–H groups in total. The summed E-state index contributed by atoms with van der Waals surface area (Å²) in [5.74, 6) is 1.91. The third-order valence-corrected chi connectivity index (χ3v) is 3.63. The van der Waals surface area contributed by atoms with Gasteiger partial charge in [-0.1, -0.05) is 26.7 Å². The third-order valence-electron chi connectivity index (χ3n) is 3.63. The highest BCUT2D eigenvalue weighted by atomic mass is 15.3. The summed E-state index contributed by atoms with van der Waals surface area (Å²) in [6.45, 7) is 6.65. The number of nitrogens with zero attached hydrogens (tertiary/aromatic N) is 3. The molecule has 4 nitrogen and oxygen atoms in total. The van der Waals surface area contributed by atoms with Crippen molar-refractivity contribution in [3.05, 3.63) is 12.2 Å². The zero-order valence-electron chi connectivity index (χ0n) is 10.3. The number of rotatable bonds is 5. The van der Waals surface area contributed by atoms with Gasteiger partial charge in [-0.25, -0.2) is 9.67 Å². The molecule has 2 heterocycles. The van der Waals surface area contributed by atoms with Gasteiger partial charge in [0.15, 0.2) is 0 Å². The van der Waals surface area contributed by atoms with E-state index in [0.717, 1.165) is 24.8 Å². The van der Waals surface area contributed by atoms with Gasteiger partial charge in [-0.2, -0.15) is 5.10 Å². The molecule has 1 unspecified atom stereocenters. The lowest BCUT2D eigenvalue weighted by Gasteiger charge is -2.25. The standard InChI is InChI=1S/C12H22N4/c1-3-10(4-2)8-13-11-6-5-7-16-12(11)14-9-15-16/h9-11,13H,3-8H2,1-2H3. The Morgan fingerprint density at radius 2 is 2.31 bits per heavy atom. The molecule has 1 aliphatic rings. The van der Waals surface area contributed by atoms with Crippen molar-refractivity contribution in [3.8, 4) is 0 Å². The normalized spacial score (nSPS) is 20.1. The molecule has 4 heteroatoms. The molecule has 0 amide bonds. The number of aromatic nitrogens is 3. The molecule has 2 rings (SSSR count). The predicted octanol–water partition coefficient (Wildman–Crippen LogP) is 2.14. The van der Waals surface area contributed by atoms with Gasteiger partial charge in [0.1, 0.15) is 12.2 Å². The zero-order chi connectivity index (χ0) is 11.4. The van der Waals surface area contributed by atoms with E-state index in [1.54, 1.807) is 6.33 Å². The Morgan fingerprint density at radius 3 is 3.06 bits per heavy atom. The lowest BCUT2D eigenvalue weighted by molar-refractivity contribution is 0.337. The van der Waals surface area contributed by atoms with Gasteiger partial charge in [-0.3, -0.25) is 0 Å². The fourth-order valence-electron chi connectivity index (χ4n) is 2.37. The molecule has 0 aromatic carbocycles. The molecular formula is C12H22N4. The second kappa shape index (κ2) is 5.43. The van der Waals surface area contributed by atoms with Gasteiger partial charge in [-0.15, -0.1) is 0 Å². The first-order valence-electron chi connectivity index (χ1n) is 6.46. The van der Waals surface area contributed by atoms with Gasteiger partial charge in [0, 0.05) is 6.54 Å². The maximum absolute atomic E-state index is 4.36. The van der Waals surface area contributed by atoms with Crippen LogP contribution in [0.25, 0.3) is 0 Å². The van der Waals surface area contributed by atoms with Crippen LogP contribution in [0.4, 0.5) is 0 Å². The monoisotopic (exact) mass is 222 g/mol. The second-order valence-electron chi connectivity index (χ2n) is 4.63. The number of fused-ring (bicyclic) bond motifs is 1. The lowest BCUT2D eigenvalue weighted by atomic mass is 10.0. The van der Waals surface area contributed by atoms with E-state index >= 15 is 0 Å². The van der Waals surface area contributed by atoms with E-state index < -0.39 is 0 Å². The van der Waals surface area contributed by atoms with Gasteiger partial charge in [0.25, 0.3) is 0 Å². The molecule has 16 heavy (non-hydrogen) atoms. The van der Waals surface area contributed by atoms with Gasteiger partial charge in [-0.05, 0) is 25.3 Å². The summed E-state index contributed by atoms with van der Waals surface area (Å²) in [4.78, 5) is 4.36. The predicted molar refractivity (Wildman–Crippen MR) is 64.1 cm³/mol. The van der Waals surface area contributed by atoms with Crippen molar-refractivity contribution in [1.82, 2.24) is 20.1 Å². The summed E-state index contributed by atoms with van der Waals surface area (Å²) in [7, 11) is 0. The number of hydrogen-bond acceptors (Lipinski definition) is 3. The summed E-state index contributed by atoms with van der Waals surface area (Å²) >= 11 is 0. The summed E-state index contributed by atoms with van der Waals surface area (Å²) < 4.78 is 2.04. The third kappa shape index (κ3) is 2.43. The molecular weight excluding hydrogens is 200 g/mol. The first-order valence-corrected chi connectivity index (χ1v) is 6.46. The van der Waals surface area contributed by atoms with Crippen molar-refractivity contribution in [2.45, 2.75) is 52.1 Å². The van der Waals surface area contributed by atoms with E-state index in [4.69, 9.17) is 0 Å². The average molecular weight is 222 g/mol. The van der Waals surface area contributed by atoms with E-state index in [9.17, 15) is 0 Å². The molecule has 0 radical (unpaired) electrons.